The Balaban J connectivity index is 2.94. The maximum absolute atomic E-state index is 12.3. The molecule has 1 aliphatic rings. The summed E-state index contributed by atoms with van der Waals surface area (Å²) in [4.78, 5) is 23.7. The molecule has 1 fully saturated rings. The first-order chi connectivity index (χ1) is 12.4. The van der Waals surface area contributed by atoms with E-state index in [4.69, 9.17) is 9.47 Å². The minimum absolute atomic E-state index is 0.0885. The molecule has 0 amide bonds. The van der Waals surface area contributed by atoms with E-state index < -0.39 is 5.60 Å². The van der Waals surface area contributed by atoms with E-state index >= 15 is 0 Å². The number of carbonyl (C=O) groups is 2. The average molecular weight is 381 g/mol. The van der Waals surface area contributed by atoms with E-state index in [1.54, 1.807) is 32.9 Å². The van der Waals surface area contributed by atoms with Crippen LogP contribution in [0.1, 0.15) is 67.7 Å². The minimum Gasteiger partial charge on any atom is -0.462 e. The van der Waals surface area contributed by atoms with Gasteiger partial charge in [-0.2, -0.15) is 0 Å². The summed E-state index contributed by atoms with van der Waals surface area (Å²) < 4.78 is 11.3. The molecule has 0 aromatic carbocycles. The van der Waals surface area contributed by atoms with E-state index in [1.165, 1.54) is 6.92 Å². The van der Waals surface area contributed by atoms with Crippen LogP contribution in [-0.4, -0.2) is 34.9 Å². The van der Waals surface area contributed by atoms with Crippen LogP contribution in [0, 0.1) is 17.8 Å². The SMILES string of the molecule is CC=C(C)C(=O)O[C@@H]1C[C@H](C)[C@H](OC(C)=O)C[C@H]1[C@H](C)CC=CC(C)(C)O. The maximum atomic E-state index is 12.3. The predicted octanol–water partition coefficient (Wildman–Crippen LogP) is 4.20. The number of allylic oxidation sites excluding steroid dienone is 2. The molecule has 1 N–H and O–H groups in total. The molecular weight excluding hydrogens is 344 g/mol. The van der Waals surface area contributed by atoms with Crippen LogP contribution in [0.2, 0.25) is 0 Å². The summed E-state index contributed by atoms with van der Waals surface area (Å²) in [6.45, 7) is 12.6. The number of ether oxygens (including phenoxy) is 2. The fourth-order valence-electron chi connectivity index (χ4n) is 3.55. The Kier molecular flexibility index (Phi) is 8.73. The highest BCUT2D eigenvalue weighted by atomic mass is 16.6. The van der Waals surface area contributed by atoms with Crippen molar-refractivity contribution in [1.29, 1.82) is 0 Å². The Morgan fingerprint density at radius 3 is 2.33 bits per heavy atom. The highest BCUT2D eigenvalue weighted by molar-refractivity contribution is 5.87. The van der Waals surface area contributed by atoms with Gasteiger partial charge in [0, 0.05) is 18.4 Å². The van der Waals surface area contributed by atoms with Crippen LogP contribution in [0.25, 0.3) is 0 Å². The van der Waals surface area contributed by atoms with Crippen molar-refractivity contribution in [3.8, 4) is 0 Å². The van der Waals surface area contributed by atoms with Crippen molar-refractivity contribution in [2.75, 3.05) is 0 Å². The second kappa shape index (κ2) is 10.1. The second-order valence-corrected chi connectivity index (χ2v) is 8.44. The van der Waals surface area contributed by atoms with Gasteiger partial charge in [-0.1, -0.05) is 32.1 Å². The van der Waals surface area contributed by atoms with Crippen molar-refractivity contribution < 1.29 is 24.2 Å². The third kappa shape index (κ3) is 7.87. The van der Waals surface area contributed by atoms with Gasteiger partial charge in [0.1, 0.15) is 12.2 Å². The lowest BCUT2D eigenvalue weighted by molar-refractivity contribution is -0.165. The van der Waals surface area contributed by atoms with Gasteiger partial charge in [0.05, 0.1) is 5.60 Å². The van der Waals surface area contributed by atoms with Crippen molar-refractivity contribution >= 4 is 11.9 Å². The Hall–Kier alpha value is -1.62. The summed E-state index contributed by atoms with van der Waals surface area (Å²) >= 11 is 0. The van der Waals surface area contributed by atoms with Gasteiger partial charge < -0.3 is 14.6 Å². The Morgan fingerprint density at radius 2 is 1.81 bits per heavy atom. The molecule has 0 aromatic rings. The van der Waals surface area contributed by atoms with Crippen molar-refractivity contribution in [1.82, 2.24) is 0 Å². The molecule has 0 spiro atoms. The molecule has 1 rings (SSSR count). The maximum Gasteiger partial charge on any atom is 0.333 e. The first-order valence-corrected chi connectivity index (χ1v) is 9.85. The summed E-state index contributed by atoms with van der Waals surface area (Å²) in [5.41, 5.74) is -0.256. The zero-order valence-electron chi connectivity index (χ0n) is 17.8. The molecule has 0 saturated heterocycles. The minimum atomic E-state index is -0.851. The third-order valence-electron chi connectivity index (χ3n) is 5.32. The van der Waals surface area contributed by atoms with Crippen molar-refractivity contribution in [3.05, 3.63) is 23.8 Å². The van der Waals surface area contributed by atoms with Crippen molar-refractivity contribution in [3.63, 3.8) is 0 Å². The van der Waals surface area contributed by atoms with Gasteiger partial charge in [0.15, 0.2) is 0 Å². The molecule has 5 nitrogen and oxygen atoms in total. The normalized spacial score (nSPS) is 28.1. The number of esters is 2. The van der Waals surface area contributed by atoms with Crippen LogP contribution in [-0.2, 0) is 19.1 Å². The number of aliphatic hydroxyl groups is 1. The lowest BCUT2D eigenvalue weighted by Crippen LogP contribution is -2.44. The molecule has 0 aliphatic heterocycles. The highest BCUT2D eigenvalue weighted by Gasteiger charge is 2.41. The number of carbonyl (C=O) groups excluding carboxylic acids is 2. The van der Waals surface area contributed by atoms with E-state index in [9.17, 15) is 14.7 Å². The summed E-state index contributed by atoms with van der Waals surface area (Å²) in [5.74, 6) is -0.123. The van der Waals surface area contributed by atoms with E-state index in [1.807, 2.05) is 19.9 Å². The number of hydrogen-bond donors (Lipinski definition) is 1. The summed E-state index contributed by atoms with van der Waals surface area (Å²) in [7, 11) is 0. The standard InChI is InChI=1S/C22H36O5/c1-8-14(2)21(24)27-20-12-16(4)19(26-17(5)23)13-18(20)15(3)10-9-11-22(6,7)25/h8-9,11,15-16,18-20,25H,10,12-13H2,1-7H3/t15-,16+,18+,19-,20-/m1/s1. The molecule has 27 heavy (non-hydrogen) atoms. The zero-order chi connectivity index (χ0) is 20.8. The zero-order valence-corrected chi connectivity index (χ0v) is 17.8. The lowest BCUT2D eigenvalue weighted by atomic mass is 9.72. The van der Waals surface area contributed by atoms with Crippen molar-refractivity contribution in [2.24, 2.45) is 17.8 Å². The molecular formula is C22H36O5. The van der Waals surface area contributed by atoms with Crippen LogP contribution in [0.3, 0.4) is 0 Å². The predicted molar refractivity (Wildman–Crippen MR) is 106 cm³/mol. The Bertz CT molecular complexity index is 570. The highest BCUT2D eigenvalue weighted by Crippen LogP contribution is 2.39. The van der Waals surface area contributed by atoms with Crippen LogP contribution < -0.4 is 0 Å². The molecule has 5 atom stereocenters. The van der Waals surface area contributed by atoms with E-state index in [0.29, 0.717) is 18.4 Å². The quantitative estimate of drug-likeness (QED) is 0.407. The fourth-order valence-corrected chi connectivity index (χ4v) is 3.55. The molecule has 1 saturated carbocycles. The number of rotatable bonds is 7. The fraction of sp³-hybridized carbons (Fsp3) is 0.727. The van der Waals surface area contributed by atoms with Gasteiger partial charge >= 0.3 is 11.9 Å². The smallest absolute Gasteiger partial charge is 0.333 e. The molecule has 1 aliphatic carbocycles. The Labute approximate surface area is 163 Å². The molecule has 0 bridgehead atoms. The van der Waals surface area contributed by atoms with Gasteiger partial charge in [-0.25, -0.2) is 4.79 Å². The van der Waals surface area contributed by atoms with Gasteiger partial charge in [0.25, 0.3) is 0 Å². The summed E-state index contributed by atoms with van der Waals surface area (Å²) in [5, 5.41) is 9.86. The third-order valence-corrected chi connectivity index (χ3v) is 5.32. The Morgan fingerprint density at radius 1 is 1.19 bits per heavy atom. The van der Waals surface area contributed by atoms with Crippen LogP contribution in [0.5, 0.6) is 0 Å². The molecule has 154 valence electrons. The van der Waals surface area contributed by atoms with Crippen LogP contribution in [0.4, 0.5) is 0 Å². The van der Waals surface area contributed by atoms with Crippen molar-refractivity contribution in [2.45, 2.75) is 85.5 Å². The van der Waals surface area contributed by atoms with Crippen LogP contribution in [0.15, 0.2) is 23.8 Å². The molecule has 5 heteroatoms. The van der Waals surface area contributed by atoms with Crippen LogP contribution >= 0.6 is 0 Å². The first-order valence-electron chi connectivity index (χ1n) is 9.85. The molecule has 0 heterocycles. The van der Waals surface area contributed by atoms with E-state index in [-0.39, 0.29) is 41.9 Å². The first kappa shape index (κ1) is 23.4. The summed E-state index contributed by atoms with van der Waals surface area (Å²) in [6, 6.07) is 0. The largest absolute Gasteiger partial charge is 0.462 e. The van der Waals surface area contributed by atoms with E-state index in [0.717, 1.165) is 6.42 Å². The van der Waals surface area contributed by atoms with Gasteiger partial charge in [0.2, 0.25) is 0 Å². The molecule has 0 unspecified atom stereocenters. The molecule has 0 radical (unpaired) electrons. The number of hydrogen-bond acceptors (Lipinski definition) is 5. The lowest BCUT2D eigenvalue weighted by Gasteiger charge is -2.41. The second-order valence-electron chi connectivity index (χ2n) is 8.44. The van der Waals surface area contributed by atoms with Gasteiger partial charge in [-0.15, -0.1) is 0 Å². The average Bonchev–Trinajstić information content (AvgIpc) is 2.54. The monoisotopic (exact) mass is 380 g/mol. The summed E-state index contributed by atoms with van der Waals surface area (Å²) in [6.07, 6.45) is 7.23. The molecule has 0 aromatic heterocycles. The topological polar surface area (TPSA) is 72.8 Å². The van der Waals surface area contributed by atoms with Gasteiger partial charge in [-0.05, 0) is 58.8 Å². The van der Waals surface area contributed by atoms with E-state index in [2.05, 4.69) is 6.92 Å². The van der Waals surface area contributed by atoms with Gasteiger partial charge in [-0.3, -0.25) is 4.79 Å².